The van der Waals surface area contributed by atoms with E-state index in [0.717, 1.165) is 0 Å². The van der Waals surface area contributed by atoms with Gasteiger partial charge in [-0.1, -0.05) is 0 Å². The smallest absolute Gasteiger partial charge is 0.306 e. The van der Waals surface area contributed by atoms with Crippen molar-refractivity contribution in [2.75, 3.05) is 0 Å². The van der Waals surface area contributed by atoms with E-state index in [1.807, 2.05) is 0 Å². The normalized spacial score (nSPS) is 22.0. The average molecular weight is 274 g/mol. The Morgan fingerprint density at radius 3 is 3.00 bits per heavy atom. The van der Waals surface area contributed by atoms with E-state index >= 15 is 0 Å². The van der Waals surface area contributed by atoms with Crippen LogP contribution in [0.1, 0.15) is 29.6 Å². The fraction of sp³-hybridized carbons (Fsp3) is 0.385. The van der Waals surface area contributed by atoms with Crippen molar-refractivity contribution < 1.29 is 14.7 Å². The van der Waals surface area contributed by atoms with Crippen LogP contribution in [0.15, 0.2) is 24.7 Å². The van der Waals surface area contributed by atoms with Crippen LogP contribution < -0.4 is 5.32 Å². The number of carbonyl (C=O) groups is 2. The molecule has 0 radical (unpaired) electrons. The van der Waals surface area contributed by atoms with E-state index < -0.39 is 5.97 Å². The summed E-state index contributed by atoms with van der Waals surface area (Å²) >= 11 is 0. The van der Waals surface area contributed by atoms with Crippen LogP contribution in [0.4, 0.5) is 0 Å². The molecular weight excluding hydrogens is 260 g/mol. The fourth-order valence-corrected chi connectivity index (χ4v) is 2.59. The van der Waals surface area contributed by atoms with Gasteiger partial charge in [0.05, 0.1) is 12.1 Å². The molecule has 2 N–H and O–H groups in total. The van der Waals surface area contributed by atoms with Crippen LogP contribution in [0.25, 0.3) is 5.65 Å². The van der Waals surface area contributed by atoms with Gasteiger partial charge in [-0.05, 0) is 25.3 Å². The molecule has 0 spiro atoms. The lowest BCUT2D eigenvalue weighted by molar-refractivity contribution is -0.141. The Morgan fingerprint density at radius 2 is 2.25 bits per heavy atom. The van der Waals surface area contributed by atoms with Crippen molar-refractivity contribution in [2.45, 2.75) is 25.3 Å². The lowest BCUT2D eigenvalue weighted by Gasteiger charge is -2.11. The zero-order chi connectivity index (χ0) is 14.1. The summed E-state index contributed by atoms with van der Waals surface area (Å²) in [7, 11) is 0. The van der Waals surface area contributed by atoms with Crippen molar-refractivity contribution >= 4 is 17.5 Å². The van der Waals surface area contributed by atoms with Gasteiger partial charge in [-0.2, -0.15) is 5.10 Å². The van der Waals surface area contributed by atoms with Gasteiger partial charge in [-0.3, -0.25) is 9.59 Å². The minimum atomic E-state index is -0.792. The van der Waals surface area contributed by atoms with Crippen LogP contribution >= 0.6 is 0 Å². The summed E-state index contributed by atoms with van der Waals surface area (Å²) in [6.45, 7) is 0. The van der Waals surface area contributed by atoms with Gasteiger partial charge < -0.3 is 10.4 Å². The van der Waals surface area contributed by atoms with E-state index in [-0.39, 0.29) is 17.9 Å². The molecule has 20 heavy (non-hydrogen) atoms. The van der Waals surface area contributed by atoms with Crippen LogP contribution in [0, 0.1) is 5.92 Å². The Kier molecular flexibility index (Phi) is 3.09. The van der Waals surface area contributed by atoms with Crippen molar-refractivity contribution in [1.29, 1.82) is 0 Å². The first-order chi connectivity index (χ1) is 9.65. The summed E-state index contributed by atoms with van der Waals surface area (Å²) in [5.74, 6) is -1.41. The third-order valence-corrected chi connectivity index (χ3v) is 3.64. The van der Waals surface area contributed by atoms with Gasteiger partial charge in [0.2, 0.25) is 0 Å². The Labute approximate surface area is 114 Å². The van der Waals surface area contributed by atoms with E-state index in [9.17, 15) is 9.59 Å². The third-order valence-electron chi connectivity index (χ3n) is 3.64. The summed E-state index contributed by atoms with van der Waals surface area (Å²) < 4.78 is 1.53. The largest absolute Gasteiger partial charge is 0.481 e. The number of nitrogens with zero attached hydrogens (tertiary/aromatic N) is 3. The summed E-state index contributed by atoms with van der Waals surface area (Å²) in [5.41, 5.74) is 0.905. The first-order valence-electron chi connectivity index (χ1n) is 6.47. The Bertz CT molecular complexity index is 666. The molecule has 2 heterocycles. The van der Waals surface area contributed by atoms with Crippen molar-refractivity contribution in [1.82, 2.24) is 19.9 Å². The van der Waals surface area contributed by atoms with E-state index in [2.05, 4.69) is 15.4 Å². The number of carboxylic acid groups (broad SMARTS) is 1. The quantitative estimate of drug-likeness (QED) is 0.859. The van der Waals surface area contributed by atoms with Crippen LogP contribution in [0.5, 0.6) is 0 Å². The van der Waals surface area contributed by atoms with Crippen LogP contribution in [-0.4, -0.2) is 37.6 Å². The highest BCUT2D eigenvalue weighted by Crippen LogP contribution is 2.26. The SMILES string of the molecule is O=C(N[C@@H]1CC[C@H](C(=O)O)C1)c1cnn2cccnc12. The summed E-state index contributed by atoms with van der Waals surface area (Å²) in [4.78, 5) is 27.2. The molecule has 1 aliphatic carbocycles. The summed E-state index contributed by atoms with van der Waals surface area (Å²) in [6.07, 6.45) is 6.57. The van der Waals surface area contributed by atoms with Gasteiger partial charge in [0.1, 0.15) is 5.56 Å². The Morgan fingerprint density at radius 1 is 1.40 bits per heavy atom. The monoisotopic (exact) mass is 274 g/mol. The van der Waals surface area contributed by atoms with Gasteiger partial charge in [-0.25, -0.2) is 9.50 Å². The third kappa shape index (κ3) is 2.22. The molecule has 1 aliphatic rings. The number of aliphatic carboxylic acids is 1. The standard InChI is InChI=1S/C13H14N4O3/c18-12(16-9-3-2-8(6-9)13(19)20)10-7-15-17-5-1-4-14-11(10)17/h1,4-5,7-9H,2-3,6H2,(H,16,18)(H,19,20)/t8-,9+/m0/s1. The lowest BCUT2D eigenvalue weighted by Crippen LogP contribution is -2.33. The number of nitrogens with one attached hydrogen (secondary N) is 1. The number of hydrogen-bond acceptors (Lipinski definition) is 4. The van der Waals surface area contributed by atoms with Gasteiger partial charge >= 0.3 is 5.97 Å². The molecule has 1 amide bonds. The summed E-state index contributed by atoms with van der Waals surface area (Å²) in [6, 6.07) is 1.64. The molecule has 1 saturated carbocycles. The number of rotatable bonds is 3. The second kappa shape index (κ2) is 4.92. The number of carbonyl (C=O) groups excluding carboxylic acids is 1. The topological polar surface area (TPSA) is 96.6 Å². The van der Waals surface area contributed by atoms with E-state index in [4.69, 9.17) is 5.11 Å². The highest BCUT2D eigenvalue weighted by Gasteiger charge is 2.31. The number of aromatic nitrogens is 3. The highest BCUT2D eigenvalue weighted by molar-refractivity contribution is 5.99. The van der Waals surface area contributed by atoms with Crippen molar-refractivity contribution in [3.63, 3.8) is 0 Å². The maximum atomic E-state index is 12.2. The fourth-order valence-electron chi connectivity index (χ4n) is 2.59. The van der Waals surface area contributed by atoms with Crippen molar-refractivity contribution in [3.05, 3.63) is 30.2 Å². The van der Waals surface area contributed by atoms with Gasteiger partial charge in [0, 0.05) is 18.4 Å². The van der Waals surface area contributed by atoms with Crippen LogP contribution in [0.2, 0.25) is 0 Å². The molecule has 7 nitrogen and oxygen atoms in total. The number of amides is 1. The second-order valence-electron chi connectivity index (χ2n) is 4.96. The highest BCUT2D eigenvalue weighted by atomic mass is 16.4. The zero-order valence-electron chi connectivity index (χ0n) is 10.7. The number of carboxylic acids is 1. The molecule has 7 heteroatoms. The lowest BCUT2D eigenvalue weighted by atomic mass is 10.1. The molecule has 0 unspecified atom stereocenters. The minimum Gasteiger partial charge on any atom is -0.481 e. The maximum absolute atomic E-state index is 12.2. The van der Waals surface area contributed by atoms with Crippen molar-refractivity contribution in [3.8, 4) is 0 Å². The molecule has 0 saturated heterocycles. The molecule has 1 fully saturated rings. The molecule has 2 atom stereocenters. The molecule has 2 aromatic rings. The van der Waals surface area contributed by atoms with Crippen LogP contribution in [-0.2, 0) is 4.79 Å². The predicted octanol–water partition coefficient (Wildman–Crippen LogP) is 0.712. The minimum absolute atomic E-state index is 0.0951. The van der Waals surface area contributed by atoms with Crippen LogP contribution in [0.3, 0.4) is 0 Å². The molecule has 2 aromatic heterocycles. The Balaban J connectivity index is 1.73. The predicted molar refractivity (Wildman–Crippen MR) is 69.2 cm³/mol. The average Bonchev–Trinajstić information content (AvgIpc) is 3.04. The van der Waals surface area contributed by atoms with Gasteiger partial charge in [0.25, 0.3) is 5.91 Å². The van der Waals surface area contributed by atoms with E-state index in [1.54, 1.807) is 18.5 Å². The van der Waals surface area contributed by atoms with E-state index in [1.165, 1.54) is 10.7 Å². The molecule has 3 rings (SSSR count). The molecule has 0 bridgehead atoms. The first kappa shape index (κ1) is 12.6. The van der Waals surface area contributed by atoms with Gasteiger partial charge in [-0.15, -0.1) is 0 Å². The van der Waals surface area contributed by atoms with Crippen molar-refractivity contribution in [2.24, 2.45) is 5.92 Å². The molecule has 0 aliphatic heterocycles. The summed E-state index contributed by atoms with van der Waals surface area (Å²) in [5, 5.41) is 15.9. The zero-order valence-corrected chi connectivity index (χ0v) is 10.7. The Hall–Kier alpha value is -2.44. The molecule has 104 valence electrons. The maximum Gasteiger partial charge on any atom is 0.306 e. The van der Waals surface area contributed by atoms with Gasteiger partial charge in [0.15, 0.2) is 5.65 Å². The number of fused-ring (bicyclic) bond motifs is 1. The second-order valence-corrected chi connectivity index (χ2v) is 4.96. The molecule has 0 aromatic carbocycles. The first-order valence-corrected chi connectivity index (χ1v) is 6.47. The number of hydrogen-bond donors (Lipinski definition) is 2. The molecular formula is C13H14N4O3. The van der Waals surface area contributed by atoms with E-state index in [0.29, 0.717) is 30.5 Å².